The predicted molar refractivity (Wildman–Crippen MR) is 63.4 cm³/mol. The van der Waals surface area contributed by atoms with Gasteiger partial charge in [0.1, 0.15) is 5.82 Å². The van der Waals surface area contributed by atoms with E-state index in [1.165, 1.54) is 16.9 Å². The van der Waals surface area contributed by atoms with E-state index in [1.54, 1.807) is 13.1 Å². The van der Waals surface area contributed by atoms with Crippen molar-refractivity contribution in [1.82, 2.24) is 25.5 Å². The van der Waals surface area contributed by atoms with E-state index >= 15 is 0 Å². The summed E-state index contributed by atoms with van der Waals surface area (Å²) in [6.07, 6.45) is 0. The molecule has 1 aromatic heterocycles. The minimum Gasteiger partial charge on any atom is -0.306 e. The lowest BCUT2D eigenvalue weighted by atomic mass is 10.2. The molecular weight excluding hydrogens is 289 g/mol. The van der Waals surface area contributed by atoms with Crippen LogP contribution in [0.2, 0.25) is 0 Å². The highest BCUT2D eigenvalue weighted by molar-refractivity contribution is 9.10. The summed E-state index contributed by atoms with van der Waals surface area (Å²) >= 11 is 3.37. The number of aromatic nitrogens is 4. The van der Waals surface area contributed by atoms with E-state index in [4.69, 9.17) is 0 Å². The summed E-state index contributed by atoms with van der Waals surface area (Å²) in [7, 11) is 1.71. The number of tetrazole rings is 1. The molecule has 0 radical (unpaired) electrons. The van der Waals surface area contributed by atoms with E-state index in [0.717, 1.165) is 10.0 Å². The Morgan fingerprint density at radius 3 is 2.94 bits per heavy atom. The molecule has 0 aliphatic carbocycles. The summed E-state index contributed by atoms with van der Waals surface area (Å²) in [5.74, 6) is 0.364. The van der Waals surface area contributed by atoms with Gasteiger partial charge in [0.15, 0.2) is 5.82 Å². The van der Waals surface area contributed by atoms with E-state index in [9.17, 15) is 4.39 Å². The smallest absolute Gasteiger partial charge is 0.188 e. The van der Waals surface area contributed by atoms with Gasteiger partial charge in [-0.25, -0.2) is 4.39 Å². The van der Waals surface area contributed by atoms with E-state index in [0.29, 0.717) is 18.9 Å². The summed E-state index contributed by atoms with van der Waals surface area (Å²) in [6, 6.07) is 4.59. The first-order valence-corrected chi connectivity index (χ1v) is 5.82. The number of hydrogen-bond acceptors (Lipinski definition) is 4. The second-order valence-electron chi connectivity index (χ2n) is 3.53. The van der Waals surface area contributed by atoms with E-state index < -0.39 is 0 Å². The molecular formula is C10H11BrFN5. The first kappa shape index (κ1) is 12.1. The highest BCUT2D eigenvalue weighted by atomic mass is 79.9. The fourth-order valence-electron chi connectivity index (χ4n) is 1.38. The van der Waals surface area contributed by atoms with Crippen LogP contribution in [0.1, 0.15) is 11.4 Å². The van der Waals surface area contributed by atoms with Crippen LogP contribution >= 0.6 is 15.9 Å². The number of benzene rings is 1. The second-order valence-corrected chi connectivity index (χ2v) is 4.39. The number of hydrogen-bond donors (Lipinski definition) is 1. The van der Waals surface area contributed by atoms with Gasteiger partial charge in [0.05, 0.1) is 13.6 Å². The topological polar surface area (TPSA) is 55.6 Å². The van der Waals surface area contributed by atoms with Crippen molar-refractivity contribution in [1.29, 1.82) is 0 Å². The third-order valence-corrected chi connectivity index (χ3v) is 2.93. The monoisotopic (exact) mass is 299 g/mol. The minimum absolute atomic E-state index is 0.248. The Morgan fingerprint density at radius 2 is 2.24 bits per heavy atom. The highest BCUT2D eigenvalue weighted by Crippen LogP contribution is 2.17. The van der Waals surface area contributed by atoms with Gasteiger partial charge < -0.3 is 5.32 Å². The fourth-order valence-corrected chi connectivity index (χ4v) is 1.77. The van der Waals surface area contributed by atoms with Crippen molar-refractivity contribution in [3.63, 3.8) is 0 Å². The quantitative estimate of drug-likeness (QED) is 0.927. The lowest BCUT2D eigenvalue weighted by Gasteiger charge is -2.05. The molecule has 0 unspecified atom stereocenters. The van der Waals surface area contributed by atoms with E-state index in [1.807, 2.05) is 0 Å². The second kappa shape index (κ2) is 5.33. The zero-order valence-corrected chi connectivity index (χ0v) is 10.8. The number of halogens is 2. The van der Waals surface area contributed by atoms with Crippen molar-refractivity contribution in [2.45, 2.75) is 13.1 Å². The molecule has 17 heavy (non-hydrogen) atoms. The maximum Gasteiger partial charge on any atom is 0.188 e. The lowest BCUT2D eigenvalue weighted by Crippen LogP contribution is -2.14. The Hall–Kier alpha value is -1.34. The molecule has 0 saturated carbocycles. The summed E-state index contributed by atoms with van der Waals surface area (Å²) in [6.45, 7) is 1.04. The molecule has 0 aliphatic heterocycles. The zero-order chi connectivity index (χ0) is 12.3. The van der Waals surface area contributed by atoms with Gasteiger partial charge in [-0.1, -0.05) is 15.9 Å². The predicted octanol–water partition coefficient (Wildman–Crippen LogP) is 1.40. The summed E-state index contributed by atoms with van der Waals surface area (Å²) in [4.78, 5) is 1.40. The van der Waals surface area contributed by atoms with Crippen LogP contribution in [0.5, 0.6) is 0 Å². The molecule has 0 bridgehead atoms. The van der Waals surface area contributed by atoms with Crippen LogP contribution in [0.15, 0.2) is 22.7 Å². The minimum atomic E-state index is -0.248. The maximum atomic E-state index is 13.0. The molecule has 0 saturated heterocycles. The molecule has 0 amide bonds. The number of rotatable bonds is 4. The lowest BCUT2D eigenvalue weighted by molar-refractivity contribution is 0.611. The third-order valence-electron chi connectivity index (χ3n) is 2.16. The number of nitrogens with one attached hydrogen (secondary N) is 1. The Labute approximate surface area is 106 Å². The first-order chi connectivity index (χ1) is 8.15. The SMILES string of the molecule is Cn1nnc(CNCc2cc(F)ccc2Br)n1. The van der Waals surface area contributed by atoms with Gasteiger partial charge >= 0.3 is 0 Å². The first-order valence-electron chi connectivity index (χ1n) is 5.02. The molecule has 0 aliphatic rings. The molecule has 7 heteroatoms. The van der Waals surface area contributed by atoms with Crippen molar-refractivity contribution in [3.8, 4) is 0 Å². The molecule has 0 fully saturated rings. The number of nitrogens with zero attached hydrogens (tertiary/aromatic N) is 4. The van der Waals surface area contributed by atoms with Gasteiger partial charge in [0.2, 0.25) is 0 Å². The van der Waals surface area contributed by atoms with Crippen molar-refractivity contribution >= 4 is 15.9 Å². The normalized spacial score (nSPS) is 10.8. The van der Waals surface area contributed by atoms with Gasteiger partial charge in [-0.05, 0) is 29.0 Å². The van der Waals surface area contributed by atoms with Gasteiger partial charge in [0.25, 0.3) is 0 Å². The van der Waals surface area contributed by atoms with Crippen LogP contribution in [0.4, 0.5) is 4.39 Å². The van der Waals surface area contributed by atoms with Crippen LogP contribution in [0.3, 0.4) is 0 Å². The van der Waals surface area contributed by atoms with Crippen LogP contribution in [0, 0.1) is 5.82 Å². The van der Waals surface area contributed by atoms with Crippen molar-refractivity contribution in [3.05, 3.63) is 39.9 Å². The largest absolute Gasteiger partial charge is 0.306 e. The van der Waals surface area contributed by atoms with E-state index in [-0.39, 0.29) is 5.82 Å². The van der Waals surface area contributed by atoms with Crippen LogP contribution in [-0.4, -0.2) is 20.2 Å². The average molecular weight is 300 g/mol. The molecule has 0 atom stereocenters. The molecule has 2 aromatic rings. The van der Waals surface area contributed by atoms with Crippen LogP contribution in [0.25, 0.3) is 0 Å². The zero-order valence-electron chi connectivity index (χ0n) is 9.19. The Bertz CT molecular complexity index is 513. The maximum absolute atomic E-state index is 13.0. The van der Waals surface area contributed by atoms with Gasteiger partial charge in [0, 0.05) is 11.0 Å². The van der Waals surface area contributed by atoms with Gasteiger partial charge in [-0.3, -0.25) is 0 Å². The molecule has 1 aromatic carbocycles. The molecule has 90 valence electrons. The van der Waals surface area contributed by atoms with Crippen LogP contribution < -0.4 is 5.32 Å². The molecule has 2 rings (SSSR count). The van der Waals surface area contributed by atoms with Crippen molar-refractivity contribution in [2.24, 2.45) is 7.05 Å². The Morgan fingerprint density at radius 1 is 1.41 bits per heavy atom. The van der Waals surface area contributed by atoms with Gasteiger partial charge in [-0.15, -0.1) is 10.2 Å². The fraction of sp³-hybridized carbons (Fsp3) is 0.300. The summed E-state index contributed by atoms with van der Waals surface area (Å²) in [5.41, 5.74) is 0.855. The van der Waals surface area contributed by atoms with Crippen molar-refractivity contribution < 1.29 is 4.39 Å². The number of aryl methyl sites for hydroxylation is 1. The summed E-state index contributed by atoms with van der Waals surface area (Å²) in [5, 5.41) is 14.7. The summed E-state index contributed by atoms with van der Waals surface area (Å²) < 4.78 is 13.9. The Kier molecular flexibility index (Phi) is 3.80. The molecule has 1 N–H and O–H groups in total. The molecule has 5 nitrogen and oxygen atoms in total. The molecule has 1 heterocycles. The Balaban J connectivity index is 1.91. The highest BCUT2D eigenvalue weighted by Gasteiger charge is 2.03. The van der Waals surface area contributed by atoms with Gasteiger partial charge in [-0.2, -0.15) is 4.80 Å². The average Bonchev–Trinajstić information content (AvgIpc) is 2.69. The van der Waals surface area contributed by atoms with E-state index in [2.05, 4.69) is 36.7 Å². The third kappa shape index (κ3) is 3.31. The van der Waals surface area contributed by atoms with Crippen molar-refractivity contribution in [2.75, 3.05) is 0 Å². The molecule has 0 spiro atoms. The van der Waals surface area contributed by atoms with Crippen LogP contribution in [-0.2, 0) is 20.1 Å². The standard InChI is InChI=1S/C10H11BrFN5/c1-17-15-10(14-16-17)6-13-5-7-4-8(12)2-3-9(7)11/h2-4,13H,5-6H2,1H3.